The largest absolute Gasteiger partial charge is 0.507 e. The summed E-state index contributed by atoms with van der Waals surface area (Å²) in [7, 11) is 0. The van der Waals surface area contributed by atoms with Crippen LogP contribution in [0, 0.1) is 5.41 Å². The molecule has 110 valence electrons. The van der Waals surface area contributed by atoms with E-state index in [1.807, 2.05) is 0 Å². The van der Waals surface area contributed by atoms with Crippen molar-refractivity contribution in [1.82, 2.24) is 5.32 Å². The van der Waals surface area contributed by atoms with Gasteiger partial charge in [-0.1, -0.05) is 11.6 Å². The Balaban J connectivity index is 3.03. The van der Waals surface area contributed by atoms with Crippen molar-refractivity contribution in [3.05, 3.63) is 28.8 Å². The zero-order valence-corrected chi connectivity index (χ0v) is 12.6. The SMILES string of the molecule is CC(C)(NC(=O)c1ccc(Cl)cc1O)C(C)(C)C(=O)O. The first-order chi connectivity index (χ1) is 8.99. The summed E-state index contributed by atoms with van der Waals surface area (Å²) in [6, 6.07) is 4.12. The van der Waals surface area contributed by atoms with Crippen molar-refractivity contribution in [3.8, 4) is 5.75 Å². The maximum Gasteiger partial charge on any atom is 0.311 e. The molecule has 1 aromatic carbocycles. The lowest BCUT2D eigenvalue weighted by Gasteiger charge is -2.38. The summed E-state index contributed by atoms with van der Waals surface area (Å²) >= 11 is 5.70. The van der Waals surface area contributed by atoms with Gasteiger partial charge in [0.25, 0.3) is 5.91 Å². The number of carboxylic acids is 1. The number of halogens is 1. The molecule has 0 bridgehead atoms. The van der Waals surface area contributed by atoms with Gasteiger partial charge in [0, 0.05) is 5.02 Å². The summed E-state index contributed by atoms with van der Waals surface area (Å²) in [6.45, 7) is 6.28. The number of carbonyl (C=O) groups is 2. The van der Waals surface area contributed by atoms with Crippen molar-refractivity contribution in [2.24, 2.45) is 5.41 Å². The Kier molecular flexibility index (Phi) is 4.34. The Morgan fingerprint density at radius 3 is 2.20 bits per heavy atom. The van der Waals surface area contributed by atoms with Crippen LogP contribution in [-0.4, -0.2) is 27.6 Å². The van der Waals surface area contributed by atoms with Crippen LogP contribution in [0.25, 0.3) is 0 Å². The predicted molar refractivity (Wildman–Crippen MR) is 76.1 cm³/mol. The third kappa shape index (κ3) is 3.04. The highest BCUT2D eigenvalue weighted by molar-refractivity contribution is 6.30. The van der Waals surface area contributed by atoms with Gasteiger partial charge in [-0.3, -0.25) is 9.59 Å². The zero-order valence-electron chi connectivity index (χ0n) is 11.8. The molecule has 0 heterocycles. The van der Waals surface area contributed by atoms with E-state index >= 15 is 0 Å². The lowest BCUT2D eigenvalue weighted by molar-refractivity contribution is -0.150. The molecule has 0 aromatic heterocycles. The number of carboxylic acid groups (broad SMARTS) is 1. The van der Waals surface area contributed by atoms with Gasteiger partial charge in [-0.2, -0.15) is 0 Å². The topological polar surface area (TPSA) is 86.6 Å². The van der Waals surface area contributed by atoms with E-state index in [1.54, 1.807) is 13.8 Å². The fourth-order valence-corrected chi connectivity index (χ4v) is 1.64. The van der Waals surface area contributed by atoms with Crippen LogP contribution in [0.5, 0.6) is 5.75 Å². The Morgan fingerprint density at radius 1 is 1.20 bits per heavy atom. The molecule has 5 nitrogen and oxygen atoms in total. The van der Waals surface area contributed by atoms with Crippen LogP contribution < -0.4 is 5.32 Å². The summed E-state index contributed by atoms with van der Waals surface area (Å²) in [5.41, 5.74) is -2.14. The summed E-state index contributed by atoms with van der Waals surface area (Å²) < 4.78 is 0. The molecule has 0 aliphatic rings. The first-order valence-electron chi connectivity index (χ1n) is 6.03. The molecule has 3 N–H and O–H groups in total. The second kappa shape index (κ2) is 5.32. The average Bonchev–Trinajstić information content (AvgIpc) is 2.27. The number of carbonyl (C=O) groups excluding carboxylic acids is 1. The Labute approximate surface area is 122 Å². The number of nitrogens with one attached hydrogen (secondary N) is 1. The zero-order chi connectivity index (χ0) is 15.7. The molecule has 0 aliphatic heterocycles. The van der Waals surface area contributed by atoms with Crippen molar-refractivity contribution in [2.45, 2.75) is 33.2 Å². The number of rotatable bonds is 4. The van der Waals surface area contributed by atoms with Gasteiger partial charge in [0.05, 0.1) is 16.5 Å². The van der Waals surface area contributed by atoms with E-state index in [9.17, 15) is 19.8 Å². The molecule has 20 heavy (non-hydrogen) atoms. The van der Waals surface area contributed by atoms with Gasteiger partial charge in [0.1, 0.15) is 5.75 Å². The fraction of sp³-hybridized carbons (Fsp3) is 0.429. The number of phenols is 1. The minimum absolute atomic E-state index is 0.0451. The second-order valence-electron chi connectivity index (χ2n) is 5.67. The normalized spacial score (nSPS) is 12.1. The minimum Gasteiger partial charge on any atom is -0.507 e. The lowest BCUT2D eigenvalue weighted by atomic mass is 9.74. The molecule has 0 saturated carbocycles. The summed E-state index contributed by atoms with van der Waals surface area (Å²) in [4.78, 5) is 23.4. The molecule has 0 radical (unpaired) electrons. The predicted octanol–water partition coefficient (Wildman–Crippen LogP) is 2.66. The van der Waals surface area contributed by atoms with Crippen LogP contribution in [0.4, 0.5) is 0 Å². The highest BCUT2D eigenvalue weighted by Gasteiger charge is 2.44. The van der Waals surface area contributed by atoms with E-state index in [-0.39, 0.29) is 11.3 Å². The first kappa shape index (κ1) is 16.3. The monoisotopic (exact) mass is 299 g/mol. The second-order valence-corrected chi connectivity index (χ2v) is 6.11. The Morgan fingerprint density at radius 2 is 1.75 bits per heavy atom. The molecule has 0 spiro atoms. The number of amides is 1. The van der Waals surface area contributed by atoms with Crippen molar-refractivity contribution < 1.29 is 19.8 Å². The highest BCUT2D eigenvalue weighted by atomic mass is 35.5. The lowest BCUT2D eigenvalue weighted by Crippen LogP contribution is -2.56. The summed E-state index contributed by atoms with van der Waals surface area (Å²) in [5.74, 6) is -1.83. The first-order valence-corrected chi connectivity index (χ1v) is 6.41. The van der Waals surface area contributed by atoms with E-state index in [0.29, 0.717) is 5.02 Å². The molecule has 0 fully saturated rings. The van der Waals surface area contributed by atoms with Crippen LogP contribution in [0.1, 0.15) is 38.1 Å². The molecule has 1 aromatic rings. The van der Waals surface area contributed by atoms with E-state index in [1.165, 1.54) is 32.0 Å². The smallest absolute Gasteiger partial charge is 0.311 e. The van der Waals surface area contributed by atoms with Crippen LogP contribution in [0.15, 0.2) is 18.2 Å². The molecule has 0 unspecified atom stereocenters. The summed E-state index contributed by atoms with van der Waals surface area (Å²) in [5, 5.41) is 21.9. The molecule has 0 saturated heterocycles. The average molecular weight is 300 g/mol. The molecule has 0 atom stereocenters. The van der Waals surface area contributed by atoms with Crippen molar-refractivity contribution in [2.75, 3.05) is 0 Å². The van der Waals surface area contributed by atoms with Gasteiger partial charge in [-0.15, -0.1) is 0 Å². The van der Waals surface area contributed by atoms with E-state index in [4.69, 9.17) is 11.6 Å². The van der Waals surface area contributed by atoms with E-state index < -0.39 is 22.8 Å². The number of aromatic hydroxyl groups is 1. The molecule has 1 rings (SSSR count). The number of hydrogen-bond acceptors (Lipinski definition) is 3. The van der Waals surface area contributed by atoms with E-state index in [0.717, 1.165) is 0 Å². The van der Waals surface area contributed by atoms with Gasteiger partial charge in [-0.25, -0.2) is 0 Å². The summed E-state index contributed by atoms with van der Waals surface area (Å²) in [6.07, 6.45) is 0. The Bertz CT molecular complexity index is 552. The number of benzene rings is 1. The van der Waals surface area contributed by atoms with Crippen LogP contribution in [-0.2, 0) is 4.79 Å². The quantitative estimate of drug-likeness (QED) is 0.797. The number of phenolic OH excluding ortho intramolecular Hbond substituents is 1. The van der Waals surface area contributed by atoms with Crippen molar-refractivity contribution in [3.63, 3.8) is 0 Å². The maximum atomic E-state index is 12.2. The standard InChI is InChI=1S/C14H18ClNO4/c1-13(2,12(19)20)14(3,4)16-11(18)9-6-5-8(15)7-10(9)17/h5-7,17H,1-4H3,(H,16,18)(H,19,20). The Hall–Kier alpha value is -1.75. The third-order valence-corrected chi connectivity index (χ3v) is 3.96. The van der Waals surface area contributed by atoms with Crippen LogP contribution in [0.2, 0.25) is 5.02 Å². The molecule has 6 heteroatoms. The molecular formula is C14H18ClNO4. The van der Waals surface area contributed by atoms with Crippen molar-refractivity contribution in [1.29, 1.82) is 0 Å². The van der Waals surface area contributed by atoms with Crippen LogP contribution >= 0.6 is 11.6 Å². The van der Waals surface area contributed by atoms with Gasteiger partial charge in [0.15, 0.2) is 0 Å². The maximum absolute atomic E-state index is 12.2. The van der Waals surface area contributed by atoms with E-state index in [2.05, 4.69) is 5.32 Å². The van der Waals surface area contributed by atoms with Gasteiger partial charge < -0.3 is 15.5 Å². The number of hydrogen-bond donors (Lipinski definition) is 3. The fourth-order valence-electron chi connectivity index (χ4n) is 1.47. The number of aliphatic carboxylic acids is 1. The van der Waals surface area contributed by atoms with Gasteiger partial charge in [0.2, 0.25) is 0 Å². The van der Waals surface area contributed by atoms with Gasteiger partial charge >= 0.3 is 5.97 Å². The van der Waals surface area contributed by atoms with Crippen LogP contribution in [0.3, 0.4) is 0 Å². The minimum atomic E-state index is -1.18. The highest BCUT2D eigenvalue weighted by Crippen LogP contribution is 2.31. The molecular weight excluding hydrogens is 282 g/mol. The third-order valence-electron chi connectivity index (χ3n) is 3.73. The van der Waals surface area contributed by atoms with Gasteiger partial charge in [-0.05, 0) is 45.9 Å². The molecule has 1 amide bonds. The van der Waals surface area contributed by atoms with Crippen molar-refractivity contribution >= 4 is 23.5 Å². The molecule has 0 aliphatic carbocycles.